The van der Waals surface area contributed by atoms with E-state index in [-0.39, 0.29) is 30.2 Å². The number of hydrogen-bond acceptors (Lipinski definition) is 9. The maximum atomic E-state index is 12.9. The van der Waals surface area contributed by atoms with E-state index in [4.69, 9.17) is 23.7 Å². The summed E-state index contributed by atoms with van der Waals surface area (Å²) in [6.07, 6.45) is 0.112. The Morgan fingerprint density at radius 3 is 2.43 bits per heavy atom. The van der Waals surface area contributed by atoms with Crippen molar-refractivity contribution < 1.29 is 38.4 Å². The average molecular weight is 490 g/mol. The first-order valence-electron chi connectivity index (χ1n) is 11.6. The molecule has 9 heteroatoms. The lowest BCUT2D eigenvalue weighted by molar-refractivity contribution is -0.164. The third kappa shape index (κ3) is 8.22. The molecule has 0 bridgehead atoms. The first-order valence-corrected chi connectivity index (χ1v) is 11.6. The molecular formula is C26H35NO8. The van der Waals surface area contributed by atoms with Gasteiger partial charge in [0.1, 0.15) is 18.0 Å². The lowest BCUT2D eigenvalue weighted by atomic mass is 10.0. The molecule has 0 radical (unpaired) electrons. The molecule has 9 nitrogen and oxygen atoms in total. The molecule has 1 N–H and O–H groups in total. The van der Waals surface area contributed by atoms with Crippen LogP contribution >= 0.6 is 0 Å². The van der Waals surface area contributed by atoms with Crippen molar-refractivity contribution in [2.24, 2.45) is 5.92 Å². The van der Waals surface area contributed by atoms with Gasteiger partial charge < -0.3 is 28.8 Å². The van der Waals surface area contributed by atoms with Gasteiger partial charge in [0.25, 0.3) is 0 Å². The van der Waals surface area contributed by atoms with Crippen LogP contribution < -0.4 is 9.47 Å². The smallest absolute Gasteiger partial charge is 0.309 e. The van der Waals surface area contributed by atoms with Gasteiger partial charge in [-0.05, 0) is 25.5 Å². The number of aromatic hydroxyl groups is 1. The lowest BCUT2D eigenvalue weighted by Crippen LogP contribution is -2.47. The molecule has 0 saturated carbocycles. The van der Waals surface area contributed by atoms with Crippen molar-refractivity contribution in [1.82, 2.24) is 4.98 Å². The number of methoxy groups -OCH3 is 2. The molecule has 0 fully saturated rings. The van der Waals surface area contributed by atoms with Crippen LogP contribution in [0, 0.1) is 5.92 Å². The number of ether oxygens (including phenoxy) is 5. The Kier molecular flexibility index (Phi) is 11.5. The van der Waals surface area contributed by atoms with Crippen LogP contribution in [0.15, 0.2) is 42.6 Å². The Labute approximate surface area is 206 Å². The van der Waals surface area contributed by atoms with Crippen molar-refractivity contribution in [3.8, 4) is 17.2 Å². The highest BCUT2D eigenvalue weighted by atomic mass is 16.6. The number of esters is 1. The number of pyridine rings is 1. The van der Waals surface area contributed by atoms with Gasteiger partial charge in [0.2, 0.25) is 0 Å². The largest absolute Gasteiger partial charge is 0.503 e. The fourth-order valence-electron chi connectivity index (χ4n) is 3.43. The molecule has 2 aromatic rings. The minimum atomic E-state index is -0.785. The molecule has 35 heavy (non-hydrogen) atoms. The maximum absolute atomic E-state index is 12.9. The number of ketones is 1. The molecule has 192 valence electrons. The molecule has 1 aromatic heterocycles. The molecular weight excluding hydrogens is 454 g/mol. The predicted octanol–water partition coefficient (Wildman–Crippen LogP) is 3.83. The zero-order chi connectivity index (χ0) is 25.8. The predicted molar refractivity (Wildman–Crippen MR) is 129 cm³/mol. The van der Waals surface area contributed by atoms with Crippen molar-refractivity contribution in [2.45, 2.75) is 51.9 Å². The second kappa shape index (κ2) is 14.3. The van der Waals surface area contributed by atoms with E-state index in [1.165, 1.54) is 19.4 Å². The Balaban J connectivity index is 2.12. The molecule has 4 atom stereocenters. The Morgan fingerprint density at radius 1 is 1.09 bits per heavy atom. The summed E-state index contributed by atoms with van der Waals surface area (Å²) < 4.78 is 28.1. The molecule has 0 aliphatic heterocycles. The van der Waals surface area contributed by atoms with Gasteiger partial charge in [-0.25, -0.2) is 4.98 Å². The molecule has 0 amide bonds. The van der Waals surface area contributed by atoms with Gasteiger partial charge in [-0.3, -0.25) is 9.59 Å². The van der Waals surface area contributed by atoms with E-state index in [1.807, 2.05) is 25.1 Å². The highest BCUT2D eigenvalue weighted by molar-refractivity contribution is 5.99. The molecule has 2 rings (SSSR count). The number of carbonyl (C=O) groups excluding carboxylic acids is 2. The minimum absolute atomic E-state index is 0.129. The van der Waals surface area contributed by atoms with Gasteiger partial charge in [-0.15, -0.1) is 0 Å². The van der Waals surface area contributed by atoms with Crippen LogP contribution in [0.2, 0.25) is 0 Å². The zero-order valence-corrected chi connectivity index (χ0v) is 20.9. The number of hydrogen-bond donors (Lipinski definition) is 1. The van der Waals surface area contributed by atoms with Crippen LogP contribution in [0.1, 0.15) is 44.1 Å². The van der Waals surface area contributed by atoms with Crippen molar-refractivity contribution in [1.29, 1.82) is 0 Å². The third-order valence-corrected chi connectivity index (χ3v) is 5.28. The quantitative estimate of drug-likeness (QED) is 0.294. The van der Waals surface area contributed by atoms with Crippen LogP contribution in [0.5, 0.6) is 17.2 Å². The molecule has 0 aliphatic rings. The van der Waals surface area contributed by atoms with E-state index in [1.54, 1.807) is 33.1 Å². The minimum Gasteiger partial charge on any atom is -0.503 e. The van der Waals surface area contributed by atoms with Crippen molar-refractivity contribution in [3.63, 3.8) is 0 Å². The number of aromatic nitrogens is 1. The summed E-state index contributed by atoms with van der Waals surface area (Å²) in [7, 11) is 2.94. The summed E-state index contributed by atoms with van der Waals surface area (Å²) in [6, 6.07) is 10.6. The van der Waals surface area contributed by atoms with E-state index < -0.39 is 36.0 Å². The summed E-state index contributed by atoms with van der Waals surface area (Å²) in [5.74, 6) is -1.50. The number of para-hydroxylation sites is 1. The van der Waals surface area contributed by atoms with Crippen LogP contribution in [0.4, 0.5) is 0 Å². The first kappa shape index (κ1) is 28.1. The summed E-state index contributed by atoms with van der Waals surface area (Å²) in [5.41, 5.74) is -0.157. The second-order valence-corrected chi connectivity index (χ2v) is 8.14. The number of benzene rings is 1. The fourth-order valence-corrected chi connectivity index (χ4v) is 3.43. The Hall–Kier alpha value is -3.17. The van der Waals surface area contributed by atoms with E-state index >= 15 is 0 Å². The fraction of sp³-hybridized carbons (Fsp3) is 0.500. The monoisotopic (exact) mass is 489 g/mol. The van der Waals surface area contributed by atoms with Crippen molar-refractivity contribution >= 4 is 11.8 Å². The molecule has 1 aromatic carbocycles. The Morgan fingerprint density at radius 2 is 1.80 bits per heavy atom. The van der Waals surface area contributed by atoms with Gasteiger partial charge in [-0.1, -0.05) is 32.0 Å². The first-order chi connectivity index (χ1) is 16.8. The van der Waals surface area contributed by atoms with Gasteiger partial charge in [0.15, 0.2) is 29.1 Å². The number of carbonyl (C=O) groups is 2. The summed E-state index contributed by atoms with van der Waals surface area (Å²) in [4.78, 5) is 29.5. The van der Waals surface area contributed by atoms with Gasteiger partial charge in [0, 0.05) is 32.4 Å². The SMILES string of the molecule is CCCO[C@@H](COC)[C@@H](Oc1ccccc1)[C@H](C)OC(=O)[C@@H](C)CC(=O)c1nccc(OC)c1O. The van der Waals surface area contributed by atoms with Gasteiger partial charge >= 0.3 is 5.97 Å². The maximum Gasteiger partial charge on any atom is 0.309 e. The van der Waals surface area contributed by atoms with Crippen molar-refractivity contribution in [3.05, 3.63) is 48.3 Å². The normalized spacial score (nSPS) is 14.4. The second-order valence-electron chi connectivity index (χ2n) is 8.14. The van der Waals surface area contributed by atoms with Gasteiger partial charge in [-0.2, -0.15) is 0 Å². The molecule has 0 spiro atoms. The van der Waals surface area contributed by atoms with E-state index in [2.05, 4.69) is 4.98 Å². The zero-order valence-electron chi connectivity index (χ0n) is 20.9. The number of rotatable bonds is 15. The summed E-state index contributed by atoms with van der Waals surface area (Å²) in [5, 5.41) is 10.2. The highest BCUT2D eigenvalue weighted by Crippen LogP contribution is 2.29. The molecule has 0 unspecified atom stereocenters. The van der Waals surface area contributed by atoms with E-state index in [9.17, 15) is 14.7 Å². The van der Waals surface area contributed by atoms with Gasteiger partial charge in [0.05, 0.1) is 19.6 Å². The molecule has 1 heterocycles. The average Bonchev–Trinajstić information content (AvgIpc) is 2.85. The summed E-state index contributed by atoms with van der Waals surface area (Å²) in [6.45, 7) is 6.03. The molecule has 0 saturated heterocycles. The highest BCUT2D eigenvalue weighted by Gasteiger charge is 2.34. The number of nitrogens with zero attached hydrogens (tertiary/aromatic N) is 1. The Bertz CT molecular complexity index is 936. The van der Waals surface area contributed by atoms with Crippen LogP contribution in [-0.2, 0) is 19.0 Å². The van der Waals surface area contributed by atoms with Crippen LogP contribution in [0.3, 0.4) is 0 Å². The number of Topliss-reactive ketones (excluding diaryl/α,β-unsaturated/α-hetero) is 1. The van der Waals surface area contributed by atoms with Crippen molar-refractivity contribution in [2.75, 3.05) is 27.4 Å². The van der Waals surface area contributed by atoms with E-state index in [0.717, 1.165) is 6.42 Å². The lowest BCUT2D eigenvalue weighted by Gasteiger charge is -2.32. The van der Waals surface area contributed by atoms with Crippen LogP contribution in [-0.4, -0.2) is 67.6 Å². The topological polar surface area (TPSA) is 113 Å². The molecule has 0 aliphatic carbocycles. The summed E-state index contributed by atoms with van der Waals surface area (Å²) >= 11 is 0. The van der Waals surface area contributed by atoms with E-state index in [0.29, 0.717) is 12.4 Å². The van der Waals surface area contributed by atoms with Crippen LogP contribution in [0.25, 0.3) is 0 Å². The standard InChI is InChI=1S/C26H35NO8/c1-6-14-33-22(16-31-4)25(35-19-10-8-7-9-11-19)18(3)34-26(30)17(2)15-20(28)23-24(29)21(32-5)12-13-27-23/h7-13,17-18,22,25,29H,6,14-16H2,1-5H3/t17-,18-,22-,25-/m0/s1. The third-order valence-electron chi connectivity index (χ3n) is 5.28.